The van der Waals surface area contributed by atoms with Crippen LogP contribution in [-0.2, 0) is 0 Å². The minimum absolute atomic E-state index is 0.173. The molecule has 0 spiro atoms. The SMILES string of the molecule is Cc1ccc2nc(C(C)Cl)oc2c1. The fourth-order valence-corrected chi connectivity index (χ4v) is 1.31. The maximum atomic E-state index is 5.86. The van der Waals surface area contributed by atoms with Crippen LogP contribution in [0, 0.1) is 6.92 Å². The third kappa shape index (κ3) is 1.54. The summed E-state index contributed by atoms with van der Waals surface area (Å²) in [4.78, 5) is 4.25. The van der Waals surface area contributed by atoms with E-state index < -0.39 is 0 Å². The Morgan fingerprint density at radius 2 is 2.23 bits per heavy atom. The van der Waals surface area contributed by atoms with Crippen LogP contribution in [0.2, 0.25) is 0 Å². The lowest BCUT2D eigenvalue weighted by molar-refractivity contribution is 0.531. The highest BCUT2D eigenvalue weighted by Crippen LogP contribution is 2.24. The first-order chi connectivity index (χ1) is 6.16. The Hall–Kier alpha value is -1.02. The molecule has 1 aromatic carbocycles. The fourth-order valence-electron chi connectivity index (χ4n) is 1.22. The molecule has 1 unspecified atom stereocenters. The van der Waals surface area contributed by atoms with Crippen molar-refractivity contribution in [1.29, 1.82) is 0 Å². The predicted molar refractivity (Wildman–Crippen MR) is 53.0 cm³/mol. The third-order valence-electron chi connectivity index (χ3n) is 1.90. The number of nitrogens with zero attached hydrogens (tertiary/aromatic N) is 1. The number of aryl methyl sites for hydroxylation is 1. The standard InChI is InChI=1S/C10H10ClNO/c1-6-3-4-8-9(5-6)13-10(12-8)7(2)11/h3-5,7H,1-2H3. The lowest BCUT2D eigenvalue weighted by Gasteiger charge is -1.91. The van der Waals surface area contributed by atoms with Crippen molar-refractivity contribution in [3.63, 3.8) is 0 Å². The van der Waals surface area contributed by atoms with E-state index in [1.165, 1.54) is 0 Å². The van der Waals surface area contributed by atoms with Gasteiger partial charge in [-0.05, 0) is 31.5 Å². The lowest BCUT2D eigenvalue weighted by Crippen LogP contribution is -1.81. The fraction of sp³-hybridized carbons (Fsp3) is 0.300. The average molecular weight is 196 g/mol. The Morgan fingerprint density at radius 1 is 1.46 bits per heavy atom. The summed E-state index contributed by atoms with van der Waals surface area (Å²) in [5.41, 5.74) is 2.84. The second-order valence-corrected chi connectivity index (χ2v) is 3.79. The van der Waals surface area contributed by atoms with Gasteiger partial charge in [-0.1, -0.05) is 6.07 Å². The summed E-state index contributed by atoms with van der Waals surface area (Å²) < 4.78 is 5.47. The van der Waals surface area contributed by atoms with Gasteiger partial charge in [-0.2, -0.15) is 0 Å². The van der Waals surface area contributed by atoms with Crippen molar-refractivity contribution in [2.45, 2.75) is 19.2 Å². The van der Waals surface area contributed by atoms with Crippen molar-refractivity contribution in [1.82, 2.24) is 4.98 Å². The van der Waals surface area contributed by atoms with E-state index in [9.17, 15) is 0 Å². The molecule has 0 radical (unpaired) electrons. The van der Waals surface area contributed by atoms with E-state index in [1.54, 1.807) is 0 Å². The van der Waals surface area contributed by atoms with E-state index in [0.717, 1.165) is 16.7 Å². The molecule has 0 fully saturated rings. The topological polar surface area (TPSA) is 26.0 Å². The van der Waals surface area contributed by atoms with Gasteiger partial charge in [0.25, 0.3) is 0 Å². The smallest absolute Gasteiger partial charge is 0.213 e. The van der Waals surface area contributed by atoms with Crippen molar-refractivity contribution < 1.29 is 4.42 Å². The first kappa shape index (κ1) is 8.57. The third-order valence-corrected chi connectivity index (χ3v) is 2.09. The molecule has 0 aliphatic heterocycles. The van der Waals surface area contributed by atoms with Crippen LogP contribution < -0.4 is 0 Å². The Morgan fingerprint density at radius 3 is 2.92 bits per heavy atom. The number of aromatic nitrogens is 1. The van der Waals surface area contributed by atoms with E-state index in [0.29, 0.717) is 5.89 Å². The lowest BCUT2D eigenvalue weighted by atomic mass is 10.2. The molecule has 68 valence electrons. The number of alkyl halides is 1. The monoisotopic (exact) mass is 195 g/mol. The molecule has 1 aromatic heterocycles. The molecule has 0 bridgehead atoms. The van der Waals surface area contributed by atoms with Crippen LogP contribution in [-0.4, -0.2) is 4.98 Å². The molecule has 0 N–H and O–H groups in total. The first-order valence-corrected chi connectivity index (χ1v) is 4.61. The molecule has 2 nitrogen and oxygen atoms in total. The molecular formula is C10H10ClNO. The molecule has 0 saturated heterocycles. The van der Waals surface area contributed by atoms with E-state index >= 15 is 0 Å². The molecular weight excluding hydrogens is 186 g/mol. The Bertz CT molecular complexity index is 433. The molecule has 2 aromatic rings. The molecule has 1 heterocycles. The van der Waals surface area contributed by atoms with Gasteiger partial charge in [0, 0.05) is 0 Å². The summed E-state index contributed by atoms with van der Waals surface area (Å²) in [6, 6.07) is 5.91. The minimum Gasteiger partial charge on any atom is -0.439 e. The van der Waals surface area contributed by atoms with Crippen molar-refractivity contribution in [3.05, 3.63) is 29.7 Å². The minimum atomic E-state index is -0.173. The Labute approximate surface area is 81.5 Å². The van der Waals surface area contributed by atoms with Gasteiger partial charge in [0.05, 0.1) is 0 Å². The number of halogens is 1. The maximum Gasteiger partial charge on any atom is 0.213 e. The molecule has 2 rings (SSSR count). The van der Waals surface area contributed by atoms with Crippen LogP contribution >= 0.6 is 11.6 Å². The van der Waals surface area contributed by atoms with E-state index in [2.05, 4.69) is 4.98 Å². The van der Waals surface area contributed by atoms with Crippen LogP contribution in [0.15, 0.2) is 22.6 Å². The van der Waals surface area contributed by atoms with Gasteiger partial charge in [0.15, 0.2) is 5.58 Å². The summed E-state index contributed by atoms with van der Waals surface area (Å²) in [6.45, 7) is 3.87. The van der Waals surface area contributed by atoms with Crippen LogP contribution in [0.4, 0.5) is 0 Å². The number of hydrogen-bond donors (Lipinski definition) is 0. The number of rotatable bonds is 1. The highest BCUT2D eigenvalue weighted by atomic mass is 35.5. The summed E-state index contributed by atoms with van der Waals surface area (Å²) in [7, 11) is 0. The van der Waals surface area contributed by atoms with Gasteiger partial charge >= 0.3 is 0 Å². The van der Waals surface area contributed by atoms with Crippen LogP contribution in [0.1, 0.15) is 23.8 Å². The molecule has 3 heteroatoms. The molecule has 0 amide bonds. The zero-order chi connectivity index (χ0) is 9.42. The van der Waals surface area contributed by atoms with Gasteiger partial charge < -0.3 is 4.42 Å². The molecule has 0 aliphatic carbocycles. The van der Waals surface area contributed by atoms with Crippen molar-refractivity contribution in [3.8, 4) is 0 Å². The van der Waals surface area contributed by atoms with Crippen LogP contribution in [0.5, 0.6) is 0 Å². The maximum absolute atomic E-state index is 5.86. The summed E-state index contributed by atoms with van der Waals surface area (Å²) >= 11 is 5.86. The van der Waals surface area contributed by atoms with E-state index in [-0.39, 0.29) is 5.38 Å². The summed E-state index contributed by atoms with van der Waals surface area (Å²) in [6.07, 6.45) is 0. The first-order valence-electron chi connectivity index (χ1n) is 4.18. The average Bonchev–Trinajstić information content (AvgIpc) is 2.46. The normalized spacial score (nSPS) is 13.5. The van der Waals surface area contributed by atoms with E-state index in [1.807, 2.05) is 32.0 Å². The van der Waals surface area contributed by atoms with Gasteiger partial charge in [0.2, 0.25) is 5.89 Å². The number of fused-ring (bicyclic) bond motifs is 1. The highest BCUT2D eigenvalue weighted by molar-refractivity contribution is 6.20. The highest BCUT2D eigenvalue weighted by Gasteiger charge is 2.09. The summed E-state index contributed by atoms with van der Waals surface area (Å²) in [5, 5.41) is -0.173. The molecule has 13 heavy (non-hydrogen) atoms. The number of oxazole rings is 1. The summed E-state index contributed by atoms with van der Waals surface area (Å²) in [5.74, 6) is 0.585. The largest absolute Gasteiger partial charge is 0.439 e. The zero-order valence-corrected chi connectivity index (χ0v) is 8.30. The number of hydrogen-bond acceptors (Lipinski definition) is 2. The van der Waals surface area contributed by atoms with Gasteiger partial charge in [-0.3, -0.25) is 0 Å². The molecule has 1 atom stereocenters. The predicted octanol–water partition coefficient (Wildman–Crippen LogP) is 3.44. The second-order valence-electron chi connectivity index (χ2n) is 3.14. The molecule has 0 saturated carbocycles. The van der Waals surface area contributed by atoms with Crippen molar-refractivity contribution in [2.75, 3.05) is 0 Å². The van der Waals surface area contributed by atoms with Crippen LogP contribution in [0.25, 0.3) is 11.1 Å². The van der Waals surface area contributed by atoms with E-state index in [4.69, 9.17) is 16.0 Å². The van der Waals surface area contributed by atoms with Crippen molar-refractivity contribution >= 4 is 22.7 Å². The zero-order valence-electron chi connectivity index (χ0n) is 7.54. The Kier molecular flexibility index (Phi) is 2.00. The number of benzene rings is 1. The Balaban J connectivity index is 2.62. The second kappa shape index (κ2) is 3.04. The van der Waals surface area contributed by atoms with Gasteiger partial charge in [-0.15, -0.1) is 11.6 Å². The van der Waals surface area contributed by atoms with Gasteiger partial charge in [-0.25, -0.2) is 4.98 Å². The quantitative estimate of drug-likeness (QED) is 0.652. The van der Waals surface area contributed by atoms with Crippen LogP contribution in [0.3, 0.4) is 0 Å². The molecule has 0 aliphatic rings. The van der Waals surface area contributed by atoms with Crippen molar-refractivity contribution in [2.24, 2.45) is 0 Å². The van der Waals surface area contributed by atoms with Gasteiger partial charge in [0.1, 0.15) is 10.9 Å².